The molecule has 1 unspecified atom stereocenters. The molecule has 1 N–H and O–H groups in total. The van der Waals surface area contributed by atoms with Crippen molar-refractivity contribution in [2.24, 2.45) is 10.2 Å². The zero-order chi connectivity index (χ0) is 17.6. The number of benzene rings is 2. The van der Waals surface area contributed by atoms with Crippen molar-refractivity contribution in [3.05, 3.63) is 59.7 Å². The molecule has 0 saturated carbocycles. The highest BCUT2D eigenvalue weighted by atomic mass is 32.2. The Morgan fingerprint density at radius 1 is 1.12 bits per heavy atom. The van der Waals surface area contributed by atoms with E-state index in [9.17, 15) is 4.79 Å². The standard InChI is InChI=1S/C18H17N3O3S/c1-23-14-8-9-15(24-2)13(10-14)11-19-21-18-20-17(22)16(25-18)12-6-4-3-5-7-12/h3-11,16H,1-2H3,(H,20,21,22)/b19-11+. The average molecular weight is 355 g/mol. The van der Waals surface area contributed by atoms with Crippen molar-refractivity contribution in [2.75, 3.05) is 14.2 Å². The van der Waals surface area contributed by atoms with Crippen molar-refractivity contribution in [1.82, 2.24) is 5.32 Å². The van der Waals surface area contributed by atoms with E-state index in [1.54, 1.807) is 38.6 Å². The molecule has 7 heteroatoms. The lowest BCUT2D eigenvalue weighted by Crippen LogP contribution is -2.21. The van der Waals surface area contributed by atoms with E-state index in [1.807, 2.05) is 30.3 Å². The number of carbonyl (C=O) groups is 1. The van der Waals surface area contributed by atoms with Crippen LogP contribution in [0.2, 0.25) is 0 Å². The molecule has 0 radical (unpaired) electrons. The van der Waals surface area contributed by atoms with Gasteiger partial charge in [0.1, 0.15) is 16.7 Å². The molecule has 2 aromatic carbocycles. The summed E-state index contributed by atoms with van der Waals surface area (Å²) >= 11 is 1.34. The van der Waals surface area contributed by atoms with E-state index in [1.165, 1.54) is 11.8 Å². The molecule has 3 rings (SSSR count). The van der Waals surface area contributed by atoms with Crippen molar-refractivity contribution in [2.45, 2.75) is 5.25 Å². The number of nitrogens with zero attached hydrogens (tertiary/aromatic N) is 2. The first-order valence-corrected chi connectivity index (χ1v) is 8.44. The summed E-state index contributed by atoms with van der Waals surface area (Å²) in [6.45, 7) is 0. The number of thioether (sulfide) groups is 1. The lowest BCUT2D eigenvalue weighted by molar-refractivity contribution is -0.118. The van der Waals surface area contributed by atoms with E-state index >= 15 is 0 Å². The predicted molar refractivity (Wildman–Crippen MR) is 99.5 cm³/mol. The number of amidine groups is 1. The second kappa shape index (κ2) is 7.85. The van der Waals surface area contributed by atoms with Gasteiger partial charge in [-0.05, 0) is 23.8 Å². The van der Waals surface area contributed by atoms with E-state index in [0.29, 0.717) is 16.7 Å². The maximum Gasteiger partial charge on any atom is 0.244 e. The first-order valence-electron chi connectivity index (χ1n) is 7.57. The summed E-state index contributed by atoms with van der Waals surface area (Å²) < 4.78 is 10.5. The summed E-state index contributed by atoms with van der Waals surface area (Å²) in [6.07, 6.45) is 1.57. The molecule has 128 valence electrons. The Labute approximate surface area is 149 Å². The molecule has 0 aliphatic carbocycles. The van der Waals surface area contributed by atoms with Crippen LogP contribution >= 0.6 is 11.8 Å². The molecule has 1 aliphatic heterocycles. The molecule has 1 saturated heterocycles. The quantitative estimate of drug-likeness (QED) is 0.661. The SMILES string of the molecule is COc1ccc(OC)c(/C=N/N=C2/NC(=O)C(c3ccccc3)S2)c1. The van der Waals surface area contributed by atoms with Crippen molar-refractivity contribution >= 4 is 29.1 Å². The lowest BCUT2D eigenvalue weighted by Gasteiger charge is -2.06. The van der Waals surface area contributed by atoms with Crippen LogP contribution in [0, 0.1) is 0 Å². The summed E-state index contributed by atoms with van der Waals surface area (Å²) in [7, 11) is 3.18. The van der Waals surface area contributed by atoms with Crippen LogP contribution in [0.4, 0.5) is 0 Å². The highest BCUT2D eigenvalue weighted by Gasteiger charge is 2.31. The molecular weight excluding hydrogens is 338 g/mol. The molecule has 0 aromatic heterocycles. The Morgan fingerprint density at radius 2 is 1.92 bits per heavy atom. The van der Waals surface area contributed by atoms with Crippen LogP contribution in [-0.2, 0) is 4.79 Å². The van der Waals surface area contributed by atoms with Gasteiger partial charge in [-0.1, -0.05) is 42.1 Å². The number of hydrogen-bond acceptors (Lipinski definition) is 6. The first-order chi connectivity index (χ1) is 12.2. The van der Waals surface area contributed by atoms with Gasteiger partial charge < -0.3 is 14.8 Å². The van der Waals surface area contributed by atoms with Gasteiger partial charge in [-0.25, -0.2) is 0 Å². The van der Waals surface area contributed by atoms with E-state index in [2.05, 4.69) is 15.5 Å². The number of carbonyl (C=O) groups excluding carboxylic acids is 1. The summed E-state index contributed by atoms with van der Waals surface area (Å²) in [5, 5.41) is 11.1. The molecule has 2 aromatic rings. The van der Waals surface area contributed by atoms with Gasteiger partial charge in [-0.15, -0.1) is 5.10 Å². The largest absolute Gasteiger partial charge is 0.497 e. The monoisotopic (exact) mass is 355 g/mol. The van der Waals surface area contributed by atoms with Crippen molar-refractivity contribution in [1.29, 1.82) is 0 Å². The van der Waals surface area contributed by atoms with E-state index in [0.717, 1.165) is 11.1 Å². The van der Waals surface area contributed by atoms with Crippen LogP contribution in [0.3, 0.4) is 0 Å². The number of amides is 1. The second-order valence-corrected chi connectivity index (χ2v) is 6.25. The molecule has 0 bridgehead atoms. The van der Waals surface area contributed by atoms with Crippen LogP contribution in [0.5, 0.6) is 11.5 Å². The van der Waals surface area contributed by atoms with Gasteiger partial charge in [0.2, 0.25) is 5.91 Å². The van der Waals surface area contributed by atoms with E-state index in [-0.39, 0.29) is 11.2 Å². The third kappa shape index (κ3) is 4.00. The van der Waals surface area contributed by atoms with Crippen LogP contribution in [0.1, 0.15) is 16.4 Å². The van der Waals surface area contributed by atoms with Crippen LogP contribution < -0.4 is 14.8 Å². The highest BCUT2D eigenvalue weighted by molar-refractivity contribution is 8.15. The van der Waals surface area contributed by atoms with Gasteiger partial charge in [0.25, 0.3) is 0 Å². The van der Waals surface area contributed by atoms with Gasteiger partial charge in [0.15, 0.2) is 5.17 Å². The van der Waals surface area contributed by atoms with Crippen molar-refractivity contribution in [3.8, 4) is 11.5 Å². The van der Waals surface area contributed by atoms with Crippen molar-refractivity contribution < 1.29 is 14.3 Å². The maximum absolute atomic E-state index is 12.1. The Hall–Kier alpha value is -2.80. The Balaban J connectivity index is 1.75. The third-order valence-corrected chi connectivity index (χ3v) is 4.71. The normalized spacial score (nSPS) is 18.6. The topological polar surface area (TPSA) is 72.3 Å². The predicted octanol–water partition coefficient (Wildman–Crippen LogP) is 3.00. The third-order valence-electron chi connectivity index (χ3n) is 3.58. The molecular formula is C18H17N3O3S. The van der Waals surface area contributed by atoms with Gasteiger partial charge in [0.05, 0.1) is 20.4 Å². The van der Waals surface area contributed by atoms with Gasteiger partial charge in [0, 0.05) is 5.56 Å². The van der Waals surface area contributed by atoms with Crippen LogP contribution in [0.25, 0.3) is 0 Å². The summed E-state index contributed by atoms with van der Waals surface area (Å²) in [5.74, 6) is 1.27. The molecule has 25 heavy (non-hydrogen) atoms. The zero-order valence-corrected chi connectivity index (χ0v) is 14.6. The molecule has 1 heterocycles. The molecule has 1 amide bonds. The molecule has 1 aliphatic rings. The Kier molecular flexibility index (Phi) is 5.35. The first kappa shape index (κ1) is 17.0. The van der Waals surface area contributed by atoms with Gasteiger partial charge >= 0.3 is 0 Å². The van der Waals surface area contributed by atoms with E-state index < -0.39 is 0 Å². The minimum atomic E-state index is -0.304. The molecule has 6 nitrogen and oxygen atoms in total. The highest BCUT2D eigenvalue weighted by Crippen LogP contribution is 2.34. The number of hydrogen-bond donors (Lipinski definition) is 1. The fourth-order valence-corrected chi connectivity index (χ4v) is 3.28. The van der Waals surface area contributed by atoms with E-state index in [4.69, 9.17) is 9.47 Å². The number of methoxy groups -OCH3 is 2. The summed E-state index contributed by atoms with van der Waals surface area (Å²) in [6, 6.07) is 15.0. The fourth-order valence-electron chi connectivity index (χ4n) is 2.35. The maximum atomic E-state index is 12.1. The molecule has 1 atom stereocenters. The Morgan fingerprint density at radius 3 is 2.64 bits per heavy atom. The molecule has 1 fully saturated rings. The van der Waals surface area contributed by atoms with Crippen LogP contribution in [-0.4, -0.2) is 31.5 Å². The van der Waals surface area contributed by atoms with Crippen LogP contribution in [0.15, 0.2) is 58.7 Å². The fraction of sp³-hybridized carbons (Fsp3) is 0.167. The lowest BCUT2D eigenvalue weighted by atomic mass is 10.1. The summed E-state index contributed by atoms with van der Waals surface area (Å²) in [5.41, 5.74) is 1.67. The second-order valence-electron chi connectivity index (χ2n) is 5.16. The number of rotatable bonds is 5. The Bertz CT molecular complexity index is 822. The smallest absolute Gasteiger partial charge is 0.244 e. The minimum absolute atomic E-state index is 0.0934. The minimum Gasteiger partial charge on any atom is -0.497 e. The molecule has 0 spiro atoms. The number of ether oxygens (including phenoxy) is 2. The summed E-state index contributed by atoms with van der Waals surface area (Å²) in [4.78, 5) is 12.1. The van der Waals surface area contributed by atoms with Gasteiger partial charge in [-0.2, -0.15) is 5.10 Å². The number of nitrogens with one attached hydrogen (secondary N) is 1. The zero-order valence-electron chi connectivity index (χ0n) is 13.8. The van der Waals surface area contributed by atoms with Crippen molar-refractivity contribution in [3.63, 3.8) is 0 Å². The van der Waals surface area contributed by atoms with Gasteiger partial charge in [-0.3, -0.25) is 4.79 Å². The average Bonchev–Trinajstić information content (AvgIpc) is 3.03.